The van der Waals surface area contributed by atoms with Gasteiger partial charge in [-0.15, -0.1) is 0 Å². The van der Waals surface area contributed by atoms with Crippen LogP contribution in [0.25, 0.3) is 0 Å². The number of carbonyl (C=O) groups is 1. The first-order chi connectivity index (χ1) is 12.0. The van der Waals surface area contributed by atoms with Crippen LogP contribution in [0.15, 0.2) is 18.2 Å². The first kappa shape index (κ1) is 17.5. The van der Waals surface area contributed by atoms with Crippen molar-refractivity contribution in [1.82, 2.24) is 9.78 Å². The fourth-order valence-electron chi connectivity index (χ4n) is 3.82. The van der Waals surface area contributed by atoms with Crippen LogP contribution in [-0.4, -0.2) is 22.2 Å². The van der Waals surface area contributed by atoms with E-state index in [-0.39, 0.29) is 5.91 Å². The summed E-state index contributed by atoms with van der Waals surface area (Å²) in [6.07, 6.45) is 3.99. The average Bonchev–Trinajstić information content (AvgIpc) is 2.93. The summed E-state index contributed by atoms with van der Waals surface area (Å²) in [4.78, 5) is 13.7. The molecule has 25 heavy (non-hydrogen) atoms. The summed E-state index contributed by atoms with van der Waals surface area (Å²) >= 11 is 0. The molecule has 1 aromatic carbocycles. The Morgan fingerprint density at radius 1 is 1.28 bits per heavy atom. The van der Waals surface area contributed by atoms with Crippen LogP contribution >= 0.6 is 0 Å². The molecule has 0 spiro atoms. The zero-order valence-electron chi connectivity index (χ0n) is 15.7. The Kier molecular flexibility index (Phi) is 5.11. The molecule has 2 aromatic rings. The number of anilines is 2. The van der Waals surface area contributed by atoms with Crippen LogP contribution in [-0.2, 0) is 37.6 Å². The molecule has 0 saturated heterocycles. The standard InChI is InChI=1S/C20H28N4O/c1-5-18-17(19(6-2)23(4)22-18)13-21-16-9-10-20-15(12-16)8-7-11-24(20)14(3)25/h9-10,12,21H,5-8,11,13H2,1-4H3. The molecule has 2 heterocycles. The van der Waals surface area contributed by atoms with Crippen LogP contribution in [0, 0.1) is 0 Å². The molecule has 0 saturated carbocycles. The maximum absolute atomic E-state index is 11.8. The van der Waals surface area contributed by atoms with E-state index in [2.05, 4.69) is 42.5 Å². The van der Waals surface area contributed by atoms with Crippen LogP contribution in [0.3, 0.4) is 0 Å². The predicted molar refractivity (Wildman–Crippen MR) is 102 cm³/mol. The molecule has 134 valence electrons. The van der Waals surface area contributed by atoms with Gasteiger partial charge < -0.3 is 10.2 Å². The van der Waals surface area contributed by atoms with Gasteiger partial charge in [-0.05, 0) is 49.4 Å². The number of hydrogen-bond acceptors (Lipinski definition) is 3. The first-order valence-electron chi connectivity index (χ1n) is 9.23. The fraction of sp³-hybridized carbons (Fsp3) is 0.500. The molecule has 1 aromatic heterocycles. The quantitative estimate of drug-likeness (QED) is 0.907. The van der Waals surface area contributed by atoms with Gasteiger partial charge in [0.2, 0.25) is 5.91 Å². The molecule has 0 radical (unpaired) electrons. The predicted octanol–water partition coefficient (Wildman–Crippen LogP) is 3.46. The topological polar surface area (TPSA) is 50.2 Å². The molecule has 0 fully saturated rings. The van der Waals surface area contributed by atoms with Crippen LogP contribution in [0.4, 0.5) is 11.4 Å². The molecular weight excluding hydrogens is 312 g/mol. The third kappa shape index (κ3) is 3.41. The van der Waals surface area contributed by atoms with Gasteiger partial charge in [0, 0.05) is 49.7 Å². The van der Waals surface area contributed by atoms with Gasteiger partial charge in [-0.2, -0.15) is 5.10 Å². The van der Waals surface area contributed by atoms with Crippen molar-refractivity contribution in [3.05, 3.63) is 40.7 Å². The lowest BCUT2D eigenvalue weighted by Gasteiger charge is -2.29. The molecule has 5 nitrogen and oxygen atoms in total. The zero-order chi connectivity index (χ0) is 18.0. The third-order valence-corrected chi connectivity index (χ3v) is 5.08. The number of nitrogens with one attached hydrogen (secondary N) is 1. The Hall–Kier alpha value is -2.30. The molecule has 0 unspecified atom stereocenters. The van der Waals surface area contributed by atoms with Crippen LogP contribution < -0.4 is 10.2 Å². The molecule has 1 aliphatic heterocycles. The number of aryl methyl sites for hydroxylation is 3. The highest BCUT2D eigenvalue weighted by molar-refractivity contribution is 5.93. The molecule has 1 N–H and O–H groups in total. The van der Waals surface area contributed by atoms with E-state index in [0.717, 1.165) is 50.1 Å². The highest BCUT2D eigenvalue weighted by atomic mass is 16.2. The minimum atomic E-state index is 0.122. The van der Waals surface area contributed by atoms with Crippen molar-refractivity contribution in [3.63, 3.8) is 0 Å². The summed E-state index contributed by atoms with van der Waals surface area (Å²) in [6.45, 7) is 7.58. The molecule has 0 bridgehead atoms. The van der Waals surface area contributed by atoms with Crippen LogP contribution in [0.2, 0.25) is 0 Å². The second-order valence-electron chi connectivity index (χ2n) is 6.67. The Labute approximate surface area is 150 Å². The monoisotopic (exact) mass is 340 g/mol. The van der Waals surface area contributed by atoms with Gasteiger partial charge in [0.1, 0.15) is 0 Å². The van der Waals surface area contributed by atoms with E-state index < -0.39 is 0 Å². The highest BCUT2D eigenvalue weighted by Gasteiger charge is 2.20. The molecule has 1 aliphatic rings. The van der Waals surface area contributed by atoms with Gasteiger partial charge in [0.05, 0.1) is 5.69 Å². The van der Waals surface area contributed by atoms with Crippen molar-refractivity contribution in [1.29, 1.82) is 0 Å². The van der Waals surface area contributed by atoms with E-state index in [1.807, 2.05) is 16.6 Å². The number of carbonyl (C=O) groups excluding carboxylic acids is 1. The fourth-order valence-corrected chi connectivity index (χ4v) is 3.82. The molecule has 3 rings (SSSR count). The molecule has 0 aliphatic carbocycles. The normalized spacial score (nSPS) is 13.7. The largest absolute Gasteiger partial charge is 0.381 e. The number of nitrogens with zero attached hydrogens (tertiary/aromatic N) is 3. The van der Waals surface area contributed by atoms with E-state index >= 15 is 0 Å². The van der Waals surface area contributed by atoms with Crippen molar-refractivity contribution in [2.75, 3.05) is 16.8 Å². The van der Waals surface area contributed by atoms with Crippen LogP contribution in [0.1, 0.15) is 49.7 Å². The molecule has 5 heteroatoms. The number of fused-ring (bicyclic) bond motifs is 1. The summed E-state index contributed by atoms with van der Waals surface area (Å²) in [5.74, 6) is 0.122. The van der Waals surface area contributed by atoms with Gasteiger partial charge in [-0.1, -0.05) is 13.8 Å². The average molecular weight is 340 g/mol. The maximum atomic E-state index is 11.8. The van der Waals surface area contributed by atoms with E-state index in [9.17, 15) is 4.79 Å². The number of rotatable bonds is 5. The summed E-state index contributed by atoms with van der Waals surface area (Å²) < 4.78 is 2.01. The van der Waals surface area contributed by atoms with Gasteiger partial charge >= 0.3 is 0 Å². The van der Waals surface area contributed by atoms with Crippen molar-refractivity contribution >= 4 is 17.3 Å². The number of amides is 1. The van der Waals surface area contributed by atoms with E-state index in [1.165, 1.54) is 22.5 Å². The summed E-state index contributed by atoms with van der Waals surface area (Å²) in [5.41, 5.74) is 7.21. The van der Waals surface area contributed by atoms with Crippen molar-refractivity contribution in [2.24, 2.45) is 7.05 Å². The first-order valence-corrected chi connectivity index (χ1v) is 9.23. The second kappa shape index (κ2) is 7.30. The molecular formula is C20H28N4O. The molecule has 1 amide bonds. The summed E-state index contributed by atoms with van der Waals surface area (Å²) in [7, 11) is 2.02. The zero-order valence-corrected chi connectivity index (χ0v) is 15.7. The summed E-state index contributed by atoms with van der Waals surface area (Å²) in [6, 6.07) is 6.34. The maximum Gasteiger partial charge on any atom is 0.223 e. The number of aromatic nitrogens is 2. The minimum Gasteiger partial charge on any atom is -0.381 e. The van der Waals surface area contributed by atoms with Gasteiger partial charge in [0.15, 0.2) is 0 Å². The summed E-state index contributed by atoms with van der Waals surface area (Å²) in [5, 5.41) is 8.21. The van der Waals surface area contributed by atoms with Crippen molar-refractivity contribution in [2.45, 2.75) is 53.0 Å². The Morgan fingerprint density at radius 2 is 2.08 bits per heavy atom. The lowest BCUT2D eigenvalue weighted by molar-refractivity contribution is -0.116. The minimum absolute atomic E-state index is 0.122. The van der Waals surface area contributed by atoms with Crippen LogP contribution in [0.5, 0.6) is 0 Å². The third-order valence-electron chi connectivity index (χ3n) is 5.08. The van der Waals surface area contributed by atoms with Gasteiger partial charge in [0.25, 0.3) is 0 Å². The lowest BCUT2D eigenvalue weighted by atomic mass is 10.0. The van der Waals surface area contributed by atoms with Gasteiger partial charge in [-0.3, -0.25) is 9.48 Å². The Morgan fingerprint density at radius 3 is 2.76 bits per heavy atom. The lowest BCUT2D eigenvalue weighted by Crippen LogP contribution is -2.33. The van der Waals surface area contributed by atoms with E-state index in [4.69, 9.17) is 0 Å². The van der Waals surface area contributed by atoms with E-state index in [1.54, 1.807) is 6.92 Å². The molecule has 0 atom stereocenters. The Balaban J connectivity index is 1.80. The SMILES string of the molecule is CCc1nn(C)c(CC)c1CNc1ccc2c(c1)CCCN2C(C)=O. The van der Waals surface area contributed by atoms with Crippen molar-refractivity contribution < 1.29 is 4.79 Å². The van der Waals surface area contributed by atoms with Crippen molar-refractivity contribution in [3.8, 4) is 0 Å². The van der Waals surface area contributed by atoms with E-state index in [0.29, 0.717) is 0 Å². The number of benzene rings is 1. The smallest absolute Gasteiger partial charge is 0.223 e. The van der Waals surface area contributed by atoms with Gasteiger partial charge in [-0.25, -0.2) is 0 Å². The Bertz CT molecular complexity index is 778. The number of hydrogen-bond donors (Lipinski definition) is 1. The second-order valence-corrected chi connectivity index (χ2v) is 6.67. The highest BCUT2D eigenvalue weighted by Crippen LogP contribution is 2.30.